The third-order valence-corrected chi connectivity index (χ3v) is 5.09. The molecule has 6 nitrogen and oxygen atoms in total. The highest BCUT2D eigenvalue weighted by molar-refractivity contribution is 7.91. The van der Waals surface area contributed by atoms with E-state index in [0.29, 0.717) is 31.1 Å². The van der Waals surface area contributed by atoms with E-state index in [4.69, 9.17) is 0 Å². The molecule has 20 heavy (non-hydrogen) atoms. The second kappa shape index (κ2) is 5.95. The zero-order valence-electron chi connectivity index (χ0n) is 11.9. The highest BCUT2D eigenvalue weighted by Gasteiger charge is 2.24. The summed E-state index contributed by atoms with van der Waals surface area (Å²) in [5.41, 5.74) is -0.144. The van der Waals surface area contributed by atoms with Crippen LogP contribution in [0, 0.1) is 5.92 Å². The first kappa shape index (κ1) is 15.0. The molecule has 0 unspecified atom stereocenters. The summed E-state index contributed by atoms with van der Waals surface area (Å²) in [6.07, 6.45) is 4.34. The SMILES string of the molecule is CC(C)Cn1ccnc(NC2CCS(=O)(=O)CC2)c1=O. The molecule has 1 saturated heterocycles. The van der Waals surface area contributed by atoms with E-state index in [0.717, 1.165) is 0 Å². The molecule has 1 aliphatic heterocycles. The zero-order chi connectivity index (χ0) is 14.8. The second-order valence-electron chi connectivity index (χ2n) is 5.70. The summed E-state index contributed by atoms with van der Waals surface area (Å²) in [4.78, 5) is 16.3. The molecular weight excluding hydrogens is 278 g/mol. The van der Waals surface area contributed by atoms with Crippen molar-refractivity contribution in [2.24, 2.45) is 5.92 Å². The van der Waals surface area contributed by atoms with Gasteiger partial charge in [-0.25, -0.2) is 13.4 Å². The van der Waals surface area contributed by atoms with Crippen LogP contribution in [0.3, 0.4) is 0 Å². The van der Waals surface area contributed by atoms with E-state index in [-0.39, 0.29) is 23.1 Å². The fraction of sp³-hybridized carbons (Fsp3) is 0.692. The third-order valence-electron chi connectivity index (χ3n) is 3.37. The maximum atomic E-state index is 12.2. The summed E-state index contributed by atoms with van der Waals surface area (Å²) in [5.74, 6) is 1.05. The van der Waals surface area contributed by atoms with Crippen LogP contribution in [0.15, 0.2) is 17.2 Å². The third kappa shape index (κ3) is 3.82. The van der Waals surface area contributed by atoms with Crippen LogP contribution in [-0.2, 0) is 16.4 Å². The van der Waals surface area contributed by atoms with Crippen LogP contribution >= 0.6 is 0 Å². The number of nitrogens with one attached hydrogen (secondary N) is 1. The normalized spacial score (nSPS) is 19.1. The summed E-state index contributed by atoms with van der Waals surface area (Å²) in [7, 11) is -2.89. The van der Waals surface area contributed by atoms with Crippen LogP contribution in [0.2, 0.25) is 0 Å². The van der Waals surface area contributed by atoms with Gasteiger partial charge >= 0.3 is 0 Å². The molecule has 0 saturated carbocycles. The van der Waals surface area contributed by atoms with Gasteiger partial charge in [0.15, 0.2) is 5.82 Å². The number of rotatable bonds is 4. The monoisotopic (exact) mass is 299 g/mol. The molecule has 1 aromatic heterocycles. The van der Waals surface area contributed by atoms with Crippen molar-refractivity contribution in [3.8, 4) is 0 Å². The van der Waals surface area contributed by atoms with Gasteiger partial charge in [-0.3, -0.25) is 4.79 Å². The maximum Gasteiger partial charge on any atom is 0.293 e. The van der Waals surface area contributed by atoms with E-state index >= 15 is 0 Å². The van der Waals surface area contributed by atoms with Crippen LogP contribution in [0.1, 0.15) is 26.7 Å². The van der Waals surface area contributed by atoms with E-state index in [1.54, 1.807) is 17.0 Å². The lowest BCUT2D eigenvalue weighted by Crippen LogP contribution is -2.35. The molecule has 112 valence electrons. The fourth-order valence-electron chi connectivity index (χ4n) is 2.31. The average molecular weight is 299 g/mol. The number of hydrogen-bond acceptors (Lipinski definition) is 5. The minimum atomic E-state index is -2.89. The van der Waals surface area contributed by atoms with Gasteiger partial charge in [-0.2, -0.15) is 0 Å². The van der Waals surface area contributed by atoms with E-state index in [1.165, 1.54) is 0 Å². The lowest BCUT2D eigenvalue weighted by atomic mass is 10.1. The van der Waals surface area contributed by atoms with E-state index in [2.05, 4.69) is 10.3 Å². The van der Waals surface area contributed by atoms with Crippen molar-refractivity contribution >= 4 is 15.7 Å². The number of anilines is 1. The van der Waals surface area contributed by atoms with Gasteiger partial charge in [0, 0.05) is 25.0 Å². The molecular formula is C13H21N3O3S. The summed E-state index contributed by atoms with van der Waals surface area (Å²) >= 11 is 0. The molecule has 2 heterocycles. The summed E-state index contributed by atoms with van der Waals surface area (Å²) in [6.45, 7) is 4.74. The molecule has 0 aromatic carbocycles. The lowest BCUT2D eigenvalue weighted by molar-refractivity contribution is 0.508. The highest BCUT2D eigenvalue weighted by Crippen LogP contribution is 2.15. The first-order valence-corrected chi connectivity index (χ1v) is 8.72. The average Bonchev–Trinajstić information content (AvgIpc) is 2.36. The summed E-state index contributed by atoms with van der Waals surface area (Å²) < 4.78 is 24.4. The topological polar surface area (TPSA) is 81.1 Å². The van der Waals surface area contributed by atoms with Crippen molar-refractivity contribution in [1.82, 2.24) is 9.55 Å². The fourth-order valence-corrected chi connectivity index (χ4v) is 3.80. The van der Waals surface area contributed by atoms with Gasteiger partial charge in [-0.1, -0.05) is 13.8 Å². The van der Waals surface area contributed by atoms with Crippen LogP contribution in [0.4, 0.5) is 5.82 Å². The molecule has 0 radical (unpaired) electrons. The Labute approximate surface area is 119 Å². The molecule has 0 spiro atoms. The smallest absolute Gasteiger partial charge is 0.293 e. The first-order chi connectivity index (χ1) is 9.37. The van der Waals surface area contributed by atoms with Crippen molar-refractivity contribution in [3.63, 3.8) is 0 Å². The van der Waals surface area contributed by atoms with Crippen LogP contribution in [0.25, 0.3) is 0 Å². The molecule has 1 aromatic rings. The van der Waals surface area contributed by atoms with Crippen LogP contribution in [0.5, 0.6) is 0 Å². The van der Waals surface area contributed by atoms with Crippen molar-refractivity contribution in [2.75, 3.05) is 16.8 Å². The molecule has 2 rings (SSSR count). The Bertz CT molecular complexity index is 608. The van der Waals surface area contributed by atoms with Gasteiger partial charge in [-0.15, -0.1) is 0 Å². The predicted molar refractivity (Wildman–Crippen MR) is 78.6 cm³/mol. The van der Waals surface area contributed by atoms with E-state index < -0.39 is 9.84 Å². The number of sulfone groups is 1. The van der Waals surface area contributed by atoms with Gasteiger partial charge in [0.05, 0.1) is 11.5 Å². The Morgan fingerprint density at radius 3 is 2.65 bits per heavy atom. The molecule has 0 bridgehead atoms. The van der Waals surface area contributed by atoms with Gasteiger partial charge < -0.3 is 9.88 Å². The molecule has 1 N–H and O–H groups in total. The van der Waals surface area contributed by atoms with Crippen molar-refractivity contribution in [1.29, 1.82) is 0 Å². The Morgan fingerprint density at radius 1 is 1.40 bits per heavy atom. The van der Waals surface area contributed by atoms with Crippen molar-refractivity contribution in [3.05, 3.63) is 22.7 Å². The quantitative estimate of drug-likeness (QED) is 0.893. The number of hydrogen-bond donors (Lipinski definition) is 1. The van der Waals surface area contributed by atoms with Crippen LogP contribution in [-0.4, -0.2) is 35.5 Å². The predicted octanol–water partition coefficient (Wildman–Crippen LogP) is 0.888. The Balaban J connectivity index is 2.09. The second-order valence-corrected chi connectivity index (χ2v) is 8.00. The van der Waals surface area contributed by atoms with Crippen molar-refractivity contribution < 1.29 is 8.42 Å². The molecule has 1 aliphatic rings. The molecule has 0 aliphatic carbocycles. The van der Waals surface area contributed by atoms with Crippen molar-refractivity contribution in [2.45, 2.75) is 39.3 Å². The highest BCUT2D eigenvalue weighted by atomic mass is 32.2. The van der Waals surface area contributed by atoms with Gasteiger partial charge in [-0.05, 0) is 18.8 Å². The molecule has 1 fully saturated rings. The van der Waals surface area contributed by atoms with Gasteiger partial charge in [0.2, 0.25) is 0 Å². The molecule has 7 heteroatoms. The molecule has 0 amide bonds. The van der Waals surface area contributed by atoms with Crippen LogP contribution < -0.4 is 10.9 Å². The zero-order valence-corrected chi connectivity index (χ0v) is 12.7. The van der Waals surface area contributed by atoms with E-state index in [9.17, 15) is 13.2 Å². The minimum absolute atomic E-state index is 0.00799. The number of nitrogens with zero attached hydrogens (tertiary/aromatic N) is 2. The first-order valence-electron chi connectivity index (χ1n) is 6.90. The Morgan fingerprint density at radius 2 is 2.05 bits per heavy atom. The molecule has 0 atom stereocenters. The summed E-state index contributed by atoms with van der Waals surface area (Å²) in [6, 6.07) is 0.00799. The number of aromatic nitrogens is 2. The Kier molecular flexibility index (Phi) is 4.47. The lowest BCUT2D eigenvalue weighted by Gasteiger charge is -2.23. The summed E-state index contributed by atoms with van der Waals surface area (Å²) in [5, 5.41) is 3.09. The largest absolute Gasteiger partial charge is 0.363 e. The van der Waals surface area contributed by atoms with Gasteiger partial charge in [0.25, 0.3) is 5.56 Å². The van der Waals surface area contributed by atoms with E-state index in [1.807, 2.05) is 13.8 Å². The maximum absolute atomic E-state index is 12.2. The Hall–Kier alpha value is -1.37. The standard InChI is InChI=1S/C13H21N3O3S/c1-10(2)9-16-6-5-14-12(13(16)17)15-11-3-7-20(18,19)8-4-11/h5-6,10-11H,3-4,7-9H2,1-2H3,(H,14,15). The minimum Gasteiger partial charge on any atom is -0.363 e. The van der Waals surface area contributed by atoms with Gasteiger partial charge in [0.1, 0.15) is 9.84 Å².